The van der Waals surface area contributed by atoms with Crippen molar-refractivity contribution < 1.29 is 21.9 Å². The van der Waals surface area contributed by atoms with E-state index in [4.69, 9.17) is 0 Å². The van der Waals surface area contributed by atoms with Gasteiger partial charge in [-0.2, -0.15) is 12.1 Å². The monoisotopic (exact) mass is 292 g/mol. The van der Waals surface area contributed by atoms with E-state index < -0.39 is 0 Å². The van der Waals surface area contributed by atoms with Gasteiger partial charge in [0.25, 0.3) is 0 Å². The molecule has 2 heteroatoms. The molecule has 0 saturated heterocycles. The van der Waals surface area contributed by atoms with Gasteiger partial charge in [-0.3, -0.25) is 0 Å². The van der Waals surface area contributed by atoms with Crippen LogP contribution in [0.3, 0.4) is 0 Å². The second kappa shape index (κ2) is 12.6. The molecule has 0 aromatic heterocycles. The molecule has 0 heterocycles. The first-order valence-corrected chi connectivity index (χ1v) is 5.77. The van der Waals surface area contributed by atoms with Gasteiger partial charge < -0.3 is 35.1 Å². The minimum Gasteiger partial charge on any atom is -0.748 e. The Morgan fingerprint density at radius 2 is 0.947 bits per heavy atom. The number of aldehydes is 1. The number of benzene rings is 1. The first-order chi connectivity index (χ1) is 8.93. The molecule has 0 aliphatic carbocycles. The second-order valence-electron chi connectivity index (χ2n) is 3.45. The molecule has 0 spiro atoms. The Hall–Kier alpha value is -1.89. The maximum Gasteiger partial charge on any atom is 0.0949 e. The van der Waals surface area contributed by atoms with Crippen LogP contribution in [0.4, 0.5) is 0 Å². The number of rotatable bonds is 1. The fourth-order valence-corrected chi connectivity index (χ4v) is 1.17. The summed E-state index contributed by atoms with van der Waals surface area (Å²) in [6, 6.07) is 29.2. The summed E-state index contributed by atoms with van der Waals surface area (Å²) in [5.41, 5.74) is 0.750. The molecule has 0 saturated carbocycles. The molecular formula is C17H16FeO-6. The average Bonchev–Trinajstić information content (AvgIpc) is 3.17. The fourth-order valence-electron chi connectivity index (χ4n) is 1.17. The van der Waals surface area contributed by atoms with Gasteiger partial charge in [0, 0.05) is 17.1 Å². The van der Waals surface area contributed by atoms with Crippen LogP contribution in [0.5, 0.6) is 0 Å². The Morgan fingerprint density at radius 3 is 1.16 bits per heavy atom. The Morgan fingerprint density at radius 1 is 0.632 bits per heavy atom. The van der Waals surface area contributed by atoms with Crippen molar-refractivity contribution in [1.29, 1.82) is 0 Å². The van der Waals surface area contributed by atoms with E-state index in [0.717, 1.165) is 11.8 Å². The van der Waals surface area contributed by atoms with Crippen molar-refractivity contribution in [3.8, 4) is 0 Å². The average molecular weight is 292 g/mol. The van der Waals surface area contributed by atoms with E-state index >= 15 is 0 Å². The number of hydrogen-bond acceptors (Lipinski definition) is 1. The van der Waals surface area contributed by atoms with Gasteiger partial charge in [0.2, 0.25) is 0 Å². The molecule has 19 heavy (non-hydrogen) atoms. The van der Waals surface area contributed by atoms with E-state index in [1.807, 2.05) is 78.9 Å². The normalized spacial score (nSPS) is 7.79. The van der Waals surface area contributed by atoms with Gasteiger partial charge in [-0.25, -0.2) is 12.1 Å². The van der Waals surface area contributed by atoms with Gasteiger partial charge >= 0.3 is 0 Å². The predicted molar refractivity (Wildman–Crippen MR) is 75.9 cm³/mol. The Bertz CT molecular complexity index is 425. The van der Waals surface area contributed by atoms with Crippen molar-refractivity contribution in [3.05, 3.63) is 96.6 Å². The summed E-state index contributed by atoms with van der Waals surface area (Å²) >= 11 is 0. The van der Waals surface area contributed by atoms with Crippen molar-refractivity contribution in [2.24, 2.45) is 0 Å². The molecule has 0 unspecified atom stereocenters. The minimum absolute atomic E-state index is 0. The molecule has 0 aliphatic rings. The van der Waals surface area contributed by atoms with Gasteiger partial charge in [-0.1, -0.05) is 42.0 Å². The summed E-state index contributed by atoms with van der Waals surface area (Å²) in [5.74, 6) is 0. The largest absolute Gasteiger partial charge is 0.748 e. The maximum atomic E-state index is 9.87. The van der Waals surface area contributed by atoms with Crippen LogP contribution < -0.4 is 0 Å². The molecule has 3 aromatic carbocycles. The topological polar surface area (TPSA) is 17.1 Å². The Balaban J connectivity index is 0.000000252. The van der Waals surface area contributed by atoms with Crippen molar-refractivity contribution in [2.45, 2.75) is 0 Å². The first kappa shape index (κ1) is 17.1. The molecule has 0 amide bonds. The molecule has 0 aliphatic heterocycles. The van der Waals surface area contributed by atoms with Crippen molar-refractivity contribution in [3.63, 3.8) is 0 Å². The zero-order chi connectivity index (χ0) is 12.9. The van der Waals surface area contributed by atoms with E-state index in [-0.39, 0.29) is 17.1 Å². The smallest absolute Gasteiger partial charge is 0.0949 e. The molecule has 3 rings (SSSR count). The predicted octanol–water partition coefficient (Wildman–Crippen LogP) is 4.31. The van der Waals surface area contributed by atoms with Crippen LogP contribution in [0.15, 0.2) is 91.0 Å². The first-order valence-electron chi connectivity index (χ1n) is 5.77. The summed E-state index contributed by atoms with van der Waals surface area (Å²) in [7, 11) is 0. The third kappa shape index (κ3) is 9.78. The number of carbonyl (C=O) groups is 1. The summed E-state index contributed by atoms with van der Waals surface area (Å²) in [4.78, 5) is 9.87. The van der Waals surface area contributed by atoms with Gasteiger partial charge in [-0.05, 0) is 0 Å². The fraction of sp³-hybridized carbons (Fsp3) is 0. The molecule has 0 bridgehead atoms. The third-order valence-electron chi connectivity index (χ3n) is 2.05. The molecule has 0 atom stereocenters. The number of hydrogen-bond donors (Lipinski definition) is 0. The number of carbonyl (C=O) groups excluding carboxylic acids is 1. The van der Waals surface area contributed by atoms with E-state index in [9.17, 15) is 4.79 Å². The summed E-state index contributed by atoms with van der Waals surface area (Å²) in [5, 5.41) is 0. The molecule has 3 aromatic rings. The summed E-state index contributed by atoms with van der Waals surface area (Å²) in [6.45, 7) is 0. The zero-order valence-electron chi connectivity index (χ0n) is 10.5. The molecule has 0 radical (unpaired) electrons. The van der Waals surface area contributed by atoms with E-state index in [0.29, 0.717) is 0 Å². The Labute approximate surface area is 125 Å². The standard InChI is InChI=1S/C6H5O.C6H6.C5H5.Fe/c7-5-6-3-1-2-4-6;1-2-4-6-5-3-1;1-2-4-5-3-1;/h1-5H;1-6H;1-5H;/q-1;;-5;. The van der Waals surface area contributed by atoms with E-state index in [1.165, 1.54) is 0 Å². The van der Waals surface area contributed by atoms with Gasteiger partial charge in [0.15, 0.2) is 0 Å². The molecule has 0 fully saturated rings. The zero-order valence-corrected chi connectivity index (χ0v) is 11.6. The van der Waals surface area contributed by atoms with Gasteiger partial charge in [0.05, 0.1) is 6.29 Å². The van der Waals surface area contributed by atoms with Crippen LogP contribution in [0.25, 0.3) is 0 Å². The molecular weight excluding hydrogens is 276 g/mol. The molecule has 1 nitrogen and oxygen atoms in total. The van der Waals surface area contributed by atoms with E-state index in [2.05, 4.69) is 0 Å². The van der Waals surface area contributed by atoms with Crippen molar-refractivity contribution >= 4 is 6.29 Å². The van der Waals surface area contributed by atoms with Crippen molar-refractivity contribution in [1.82, 2.24) is 0 Å². The summed E-state index contributed by atoms with van der Waals surface area (Å²) in [6.07, 6.45) is 0.833. The maximum absolute atomic E-state index is 9.87. The van der Waals surface area contributed by atoms with Crippen molar-refractivity contribution in [2.75, 3.05) is 0 Å². The minimum atomic E-state index is 0. The van der Waals surface area contributed by atoms with Gasteiger partial charge in [-0.15, -0.1) is 0 Å². The van der Waals surface area contributed by atoms with Crippen LogP contribution in [-0.2, 0) is 17.1 Å². The summed E-state index contributed by atoms with van der Waals surface area (Å²) < 4.78 is 0. The molecule has 0 N–H and O–H groups in total. The van der Waals surface area contributed by atoms with Crippen LogP contribution >= 0.6 is 0 Å². The van der Waals surface area contributed by atoms with Crippen LogP contribution in [0, 0.1) is 0 Å². The molecule has 104 valence electrons. The van der Waals surface area contributed by atoms with Gasteiger partial charge in [0.1, 0.15) is 0 Å². The third-order valence-corrected chi connectivity index (χ3v) is 2.05. The Kier molecular flexibility index (Phi) is 11.3. The van der Waals surface area contributed by atoms with E-state index in [1.54, 1.807) is 12.1 Å². The van der Waals surface area contributed by atoms with Crippen LogP contribution in [0.2, 0.25) is 0 Å². The van der Waals surface area contributed by atoms with Crippen LogP contribution in [0.1, 0.15) is 10.4 Å². The SMILES string of the molecule is O=C[c-]1cccc1.[Fe].[cH-]1[cH-][cH-][cH-][cH-]1.c1ccccc1. The quantitative estimate of drug-likeness (QED) is 0.371. The second-order valence-corrected chi connectivity index (χ2v) is 3.45. The van der Waals surface area contributed by atoms with Crippen LogP contribution in [-0.4, -0.2) is 6.29 Å².